The van der Waals surface area contributed by atoms with Crippen LogP contribution in [0.3, 0.4) is 0 Å². The van der Waals surface area contributed by atoms with Crippen LogP contribution in [0.1, 0.15) is 27.8 Å². The molecule has 2 aliphatic heterocycles. The summed E-state index contributed by atoms with van der Waals surface area (Å²) in [4.78, 5) is 16.9. The summed E-state index contributed by atoms with van der Waals surface area (Å²) in [6.45, 7) is 8.44. The summed E-state index contributed by atoms with van der Waals surface area (Å²) in [5.74, 6) is 0.0652. The minimum absolute atomic E-state index is 0.0279. The maximum atomic E-state index is 13.5. The Morgan fingerprint density at radius 1 is 0.893 bits per heavy atom. The van der Waals surface area contributed by atoms with Crippen molar-refractivity contribution in [3.63, 3.8) is 0 Å². The minimum atomic E-state index is -3.17. The van der Waals surface area contributed by atoms with Crippen molar-refractivity contribution in [2.24, 2.45) is 0 Å². The number of carbonyl (C=O) groups is 1. The van der Waals surface area contributed by atoms with Gasteiger partial charge in [0.2, 0.25) is 0 Å². The van der Waals surface area contributed by atoms with E-state index in [2.05, 4.69) is 18.2 Å². The number of hydrogen-bond acceptors (Lipinski definition) is 3. The Kier molecular flexibility index (Phi) is 4.49. The normalized spacial score (nSPS) is 23.4. The predicted molar refractivity (Wildman–Crippen MR) is 111 cm³/mol. The highest BCUT2D eigenvalue weighted by Crippen LogP contribution is 2.37. The molecular weight excluding hydrogens is 372 g/mol. The van der Waals surface area contributed by atoms with Gasteiger partial charge in [-0.2, -0.15) is 0 Å². The van der Waals surface area contributed by atoms with Crippen molar-refractivity contribution >= 4 is 21.6 Å². The van der Waals surface area contributed by atoms with Crippen LogP contribution in [-0.4, -0.2) is 42.9 Å². The summed E-state index contributed by atoms with van der Waals surface area (Å²) in [7, 11) is -3.17. The molecule has 0 saturated carbocycles. The van der Waals surface area contributed by atoms with Gasteiger partial charge in [-0.1, -0.05) is 35.9 Å². The Hall–Kier alpha value is -2.34. The van der Waals surface area contributed by atoms with E-state index in [0.717, 1.165) is 33.5 Å². The molecule has 0 unspecified atom stereocenters. The highest BCUT2D eigenvalue weighted by molar-refractivity contribution is 7.91. The maximum Gasteiger partial charge on any atom is 0.325 e. The number of anilines is 1. The predicted octanol–water partition coefficient (Wildman–Crippen LogP) is 3.53. The van der Waals surface area contributed by atoms with Gasteiger partial charge in [-0.25, -0.2) is 13.2 Å². The summed E-state index contributed by atoms with van der Waals surface area (Å²) in [5.41, 5.74) is 6.17. The van der Waals surface area contributed by atoms with Crippen LogP contribution in [0.5, 0.6) is 0 Å². The number of carbonyl (C=O) groups excluding carboxylic acids is 1. The number of aryl methyl sites for hydroxylation is 4. The van der Waals surface area contributed by atoms with E-state index in [1.54, 1.807) is 9.80 Å². The fourth-order valence-corrected chi connectivity index (χ4v) is 6.33. The van der Waals surface area contributed by atoms with E-state index < -0.39 is 9.84 Å². The first-order chi connectivity index (χ1) is 13.2. The van der Waals surface area contributed by atoms with Gasteiger partial charge in [-0.3, -0.25) is 4.90 Å². The van der Waals surface area contributed by atoms with E-state index in [0.29, 0.717) is 6.54 Å². The van der Waals surface area contributed by atoms with Gasteiger partial charge < -0.3 is 4.90 Å². The van der Waals surface area contributed by atoms with Crippen molar-refractivity contribution in [2.75, 3.05) is 16.4 Å². The topological polar surface area (TPSA) is 57.7 Å². The van der Waals surface area contributed by atoms with E-state index in [9.17, 15) is 13.2 Å². The summed E-state index contributed by atoms with van der Waals surface area (Å²) in [6, 6.07) is 11.4. The van der Waals surface area contributed by atoms with Crippen LogP contribution in [0, 0.1) is 27.7 Å². The molecule has 0 aromatic heterocycles. The SMILES string of the molecule is Cc1ccc(C)c(CN2C(=O)N(c3cc(C)ccc3C)[C@@H]3CS(=O)(=O)C[C@H]32)c1. The number of sulfone groups is 1. The molecule has 2 saturated heterocycles. The van der Waals surface area contributed by atoms with E-state index >= 15 is 0 Å². The maximum absolute atomic E-state index is 13.5. The number of rotatable bonds is 3. The molecular formula is C22H26N2O3S. The van der Waals surface area contributed by atoms with Crippen molar-refractivity contribution in [3.8, 4) is 0 Å². The van der Waals surface area contributed by atoms with Gasteiger partial charge in [0.1, 0.15) is 0 Å². The van der Waals surface area contributed by atoms with Gasteiger partial charge in [0.05, 0.1) is 23.6 Å². The number of hydrogen-bond donors (Lipinski definition) is 0. The van der Waals surface area contributed by atoms with Crippen molar-refractivity contribution in [2.45, 2.75) is 46.3 Å². The van der Waals surface area contributed by atoms with Crippen LogP contribution in [-0.2, 0) is 16.4 Å². The first-order valence-corrected chi connectivity index (χ1v) is 11.4. The Labute approximate surface area is 166 Å². The molecule has 0 N–H and O–H groups in total. The van der Waals surface area contributed by atoms with Gasteiger partial charge >= 0.3 is 6.03 Å². The first-order valence-electron chi connectivity index (χ1n) is 9.60. The summed E-state index contributed by atoms with van der Waals surface area (Å²) >= 11 is 0. The molecule has 0 bridgehead atoms. The van der Waals surface area contributed by atoms with Gasteiger partial charge in [-0.05, 0) is 56.0 Å². The van der Waals surface area contributed by atoms with E-state index in [1.165, 1.54) is 0 Å². The lowest BCUT2D eigenvalue weighted by atomic mass is 10.0. The molecule has 6 heteroatoms. The van der Waals surface area contributed by atoms with E-state index in [-0.39, 0.29) is 29.6 Å². The first kappa shape index (κ1) is 19.0. The molecule has 2 amide bonds. The summed E-state index contributed by atoms with van der Waals surface area (Å²) < 4.78 is 24.9. The van der Waals surface area contributed by atoms with Gasteiger partial charge in [-0.15, -0.1) is 0 Å². The number of fused-ring (bicyclic) bond motifs is 1. The van der Waals surface area contributed by atoms with Crippen LogP contribution in [0.25, 0.3) is 0 Å². The fraction of sp³-hybridized carbons (Fsp3) is 0.409. The summed E-state index contributed by atoms with van der Waals surface area (Å²) in [5, 5.41) is 0. The lowest BCUT2D eigenvalue weighted by molar-refractivity contribution is 0.205. The largest absolute Gasteiger partial charge is 0.325 e. The highest BCUT2D eigenvalue weighted by atomic mass is 32.2. The third kappa shape index (κ3) is 3.20. The molecule has 2 aromatic rings. The Morgan fingerprint density at radius 3 is 2.21 bits per heavy atom. The Balaban J connectivity index is 1.77. The lowest BCUT2D eigenvalue weighted by Crippen LogP contribution is -2.38. The highest BCUT2D eigenvalue weighted by Gasteiger charge is 2.54. The second-order valence-corrected chi connectivity index (χ2v) is 10.4. The lowest BCUT2D eigenvalue weighted by Gasteiger charge is -2.25. The van der Waals surface area contributed by atoms with E-state index in [4.69, 9.17) is 0 Å². The summed E-state index contributed by atoms with van der Waals surface area (Å²) in [6.07, 6.45) is 0. The molecule has 148 valence electrons. The standard InChI is InChI=1S/C22H26N2O3S/c1-14-5-7-16(3)18(9-14)11-23-20-12-28(26,27)13-21(20)24(22(23)25)19-10-15(2)6-8-17(19)4/h5-10,20-21H,11-13H2,1-4H3/t20-,21-/m1/s1. The number of nitrogens with zero attached hydrogens (tertiary/aromatic N) is 2. The molecule has 0 aliphatic carbocycles. The Morgan fingerprint density at radius 2 is 1.50 bits per heavy atom. The molecule has 2 aromatic carbocycles. The van der Waals surface area contributed by atoms with E-state index in [1.807, 2.05) is 45.9 Å². The smallest absolute Gasteiger partial charge is 0.314 e. The Bertz CT molecular complexity index is 1060. The van der Waals surface area contributed by atoms with Crippen LogP contribution in [0.2, 0.25) is 0 Å². The number of benzene rings is 2. The van der Waals surface area contributed by atoms with Crippen molar-refractivity contribution < 1.29 is 13.2 Å². The molecule has 2 atom stereocenters. The molecule has 4 rings (SSSR count). The molecule has 2 aliphatic rings. The van der Waals surface area contributed by atoms with Crippen LogP contribution >= 0.6 is 0 Å². The van der Waals surface area contributed by atoms with Crippen molar-refractivity contribution in [1.82, 2.24) is 4.90 Å². The van der Waals surface area contributed by atoms with Crippen molar-refractivity contribution in [3.05, 3.63) is 64.2 Å². The average molecular weight is 399 g/mol. The second kappa shape index (κ2) is 6.62. The molecule has 0 spiro atoms. The van der Waals surface area contributed by atoms with Crippen LogP contribution in [0.4, 0.5) is 10.5 Å². The van der Waals surface area contributed by atoms with Gasteiger partial charge in [0.15, 0.2) is 9.84 Å². The quantitative estimate of drug-likeness (QED) is 0.743. The molecule has 0 radical (unpaired) electrons. The molecule has 2 heterocycles. The third-order valence-electron chi connectivity index (χ3n) is 5.95. The zero-order valence-corrected chi connectivity index (χ0v) is 17.6. The number of amides is 2. The monoisotopic (exact) mass is 398 g/mol. The number of urea groups is 1. The third-order valence-corrected chi connectivity index (χ3v) is 7.65. The zero-order valence-electron chi connectivity index (χ0n) is 16.8. The van der Waals surface area contributed by atoms with Crippen LogP contribution in [0.15, 0.2) is 36.4 Å². The van der Waals surface area contributed by atoms with Crippen LogP contribution < -0.4 is 4.90 Å². The van der Waals surface area contributed by atoms with Crippen molar-refractivity contribution in [1.29, 1.82) is 0 Å². The minimum Gasteiger partial charge on any atom is -0.314 e. The molecule has 5 nitrogen and oxygen atoms in total. The molecule has 2 fully saturated rings. The fourth-order valence-electron chi connectivity index (χ4n) is 4.38. The van der Waals surface area contributed by atoms with Gasteiger partial charge in [0, 0.05) is 12.2 Å². The van der Waals surface area contributed by atoms with Gasteiger partial charge in [0.25, 0.3) is 0 Å². The molecule has 28 heavy (non-hydrogen) atoms. The average Bonchev–Trinajstić information content (AvgIpc) is 3.04. The second-order valence-electron chi connectivity index (χ2n) is 8.21. The zero-order chi connectivity index (χ0) is 20.2.